The molecule has 1 N–H and O–H groups in total. The molecule has 0 unspecified atom stereocenters. The highest BCUT2D eigenvalue weighted by Gasteiger charge is 2.28. The molecule has 1 amide bonds. The fraction of sp³-hybridized carbons (Fsp3) is 0.667. The van der Waals surface area contributed by atoms with Gasteiger partial charge in [0, 0.05) is 4.88 Å². The van der Waals surface area contributed by atoms with Gasteiger partial charge in [0.15, 0.2) is 0 Å². The van der Waals surface area contributed by atoms with Crippen LogP contribution in [-0.4, -0.2) is 29.9 Å². The molecule has 0 bridgehead atoms. The second-order valence-corrected chi connectivity index (χ2v) is 6.47. The zero-order valence-electron chi connectivity index (χ0n) is 12.6. The van der Waals surface area contributed by atoms with Gasteiger partial charge in [0.05, 0.1) is 11.7 Å². The molecule has 0 spiro atoms. The normalized spacial score (nSPS) is 19.4. The van der Waals surface area contributed by atoms with Crippen molar-refractivity contribution in [2.75, 3.05) is 18.4 Å². The number of carbonyl (C=O) groups excluding carboxylic acids is 1. The topological polar surface area (TPSA) is 32.3 Å². The summed E-state index contributed by atoms with van der Waals surface area (Å²) in [4.78, 5) is 16.0. The number of nitrogens with one attached hydrogen (secondary N) is 1. The van der Waals surface area contributed by atoms with Gasteiger partial charge in [0.2, 0.25) is 5.91 Å². The Morgan fingerprint density at radius 2 is 2.20 bits per heavy atom. The highest BCUT2D eigenvalue weighted by molar-refractivity contribution is 7.10. The molecule has 2 rings (SSSR count). The molecule has 1 atom stereocenters. The number of hydrogen-bond donors (Lipinski definition) is 1. The van der Waals surface area contributed by atoms with Gasteiger partial charge >= 0.3 is 0 Å². The maximum Gasteiger partial charge on any atom is 0.241 e. The van der Waals surface area contributed by atoms with Gasteiger partial charge in [-0.15, -0.1) is 23.7 Å². The smallest absolute Gasteiger partial charge is 0.241 e. The van der Waals surface area contributed by atoms with Crippen LogP contribution in [0.15, 0.2) is 5.38 Å². The molecule has 114 valence electrons. The Hall–Kier alpha value is -0.580. The fourth-order valence-corrected chi connectivity index (χ4v) is 3.61. The van der Waals surface area contributed by atoms with Gasteiger partial charge < -0.3 is 5.32 Å². The van der Waals surface area contributed by atoms with Crippen LogP contribution in [0, 0.1) is 13.8 Å². The monoisotopic (exact) mass is 316 g/mol. The highest BCUT2D eigenvalue weighted by Crippen LogP contribution is 2.27. The number of hydrogen-bond acceptors (Lipinski definition) is 3. The van der Waals surface area contributed by atoms with E-state index in [9.17, 15) is 4.79 Å². The van der Waals surface area contributed by atoms with Crippen molar-refractivity contribution in [2.45, 2.75) is 52.5 Å². The minimum absolute atomic E-state index is 0. The first-order valence-electron chi connectivity index (χ1n) is 7.23. The summed E-state index contributed by atoms with van der Waals surface area (Å²) >= 11 is 1.70. The van der Waals surface area contributed by atoms with E-state index in [0.717, 1.165) is 31.6 Å². The first-order valence-corrected chi connectivity index (χ1v) is 8.11. The second kappa shape index (κ2) is 8.01. The van der Waals surface area contributed by atoms with E-state index in [1.807, 2.05) is 0 Å². The third kappa shape index (κ3) is 3.96. The van der Waals surface area contributed by atoms with E-state index < -0.39 is 0 Å². The van der Waals surface area contributed by atoms with Crippen LogP contribution in [0.1, 0.15) is 43.0 Å². The van der Waals surface area contributed by atoms with Crippen molar-refractivity contribution in [1.82, 2.24) is 4.90 Å². The van der Waals surface area contributed by atoms with Gasteiger partial charge in [-0.05, 0) is 57.1 Å². The number of rotatable bonds is 4. The van der Waals surface area contributed by atoms with Crippen LogP contribution in [0.4, 0.5) is 5.69 Å². The van der Waals surface area contributed by atoms with Crippen LogP contribution in [0.5, 0.6) is 0 Å². The molecule has 1 fully saturated rings. The Kier molecular flexibility index (Phi) is 7.00. The quantitative estimate of drug-likeness (QED) is 0.911. The number of nitrogens with zero attached hydrogens (tertiary/aromatic N) is 1. The largest absolute Gasteiger partial charge is 0.323 e. The summed E-state index contributed by atoms with van der Waals surface area (Å²) in [5.74, 6) is 0.178. The second-order valence-electron chi connectivity index (χ2n) is 5.39. The van der Waals surface area contributed by atoms with Crippen LogP contribution < -0.4 is 5.32 Å². The number of halogens is 1. The molecule has 20 heavy (non-hydrogen) atoms. The van der Waals surface area contributed by atoms with Crippen LogP contribution >= 0.6 is 23.7 Å². The molecule has 1 aliphatic heterocycles. The molecule has 0 aromatic carbocycles. The number of aryl methyl sites for hydroxylation is 2. The maximum atomic E-state index is 12.5. The van der Waals surface area contributed by atoms with Gasteiger partial charge in [0.25, 0.3) is 0 Å². The van der Waals surface area contributed by atoms with Gasteiger partial charge in [-0.25, -0.2) is 0 Å². The van der Waals surface area contributed by atoms with Crippen molar-refractivity contribution >= 4 is 35.3 Å². The van der Waals surface area contributed by atoms with Gasteiger partial charge in [-0.1, -0.05) is 13.3 Å². The van der Waals surface area contributed by atoms with Crippen molar-refractivity contribution in [3.05, 3.63) is 15.8 Å². The van der Waals surface area contributed by atoms with Gasteiger partial charge in [-0.2, -0.15) is 0 Å². The maximum absolute atomic E-state index is 12.5. The minimum Gasteiger partial charge on any atom is -0.323 e. The van der Waals surface area contributed by atoms with Crippen molar-refractivity contribution in [3.63, 3.8) is 0 Å². The lowest BCUT2D eigenvalue weighted by Gasteiger charge is -2.34. The molecular weight excluding hydrogens is 292 g/mol. The highest BCUT2D eigenvalue weighted by atomic mass is 35.5. The summed E-state index contributed by atoms with van der Waals surface area (Å²) in [6.45, 7) is 8.39. The number of amides is 1. The van der Waals surface area contributed by atoms with Crippen LogP contribution in [0.2, 0.25) is 0 Å². The summed E-state index contributed by atoms with van der Waals surface area (Å²) in [6.07, 6.45) is 4.49. The Morgan fingerprint density at radius 1 is 1.45 bits per heavy atom. The molecule has 2 heterocycles. The first kappa shape index (κ1) is 17.5. The SMILES string of the molecule is CCCN1CCCC[C@@H]1C(=O)Nc1c(C)csc1C.Cl. The zero-order valence-corrected chi connectivity index (χ0v) is 14.2. The number of carbonyl (C=O) groups is 1. The molecule has 0 aliphatic carbocycles. The third-order valence-electron chi connectivity index (χ3n) is 3.83. The molecule has 0 saturated carbocycles. The Balaban J connectivity index is 0.00000200. The Morgan fingerprint density at radius 3 is 2.80 bits per heavy atom. The summed E-state index contributed by atoms with van der Waals surface area (Å²) in [6, 6.07) is 0.0624. The summed E-state index contributed by atoms with van der Waals surface area (Å²) in [7, 11) is 0. The lowest BCUT2D eigenvalue weighted by atomic mass is 10.0. The van der Waals surface area contributed by atoms with Crippen molar-refractivity contribution < 1.29 is 4.79 Å². The molecule has 5 heteroatoms. The Labute approximate surface area is 132 Å². The van der Waals surface area contributed by atoms with E-state index in [-0.39, 0.29) is 24.4 Å². The number of thiophene rings is 1. The lowest BCUT2D eigenvalue weighted by molar-refractivity contribution is -0.122. The van der Waals surface area contributed by atoms with E-state index in [4.69, 9.17) is 0 Å². The molecule has 1 aromatic rings. The van der Waals surface area contributed by atoms with Gasteiger partial charge in [-0.3, -0.25) is 9.69 Å². The zero-order chi connectivity index (χ0) is 13.8. The van der Waals surface area contributed by atoms with E-state index in [1.54, 1.807) is 11.3 Å². The Bertz CT molecular complexity index is 426. The van der Waals surface area contributed by atoms with Crippen molar-refractivity contribution in [1.29, 1.82) is 0 Å². The van der Waals surface area contributed by atoms with E-state index in [0.29, 0.717) is 0 Å². The number of piperidine rings is 1. The van der Waals surface area contributed by atoms with Gasteiger partial charge in [0.1, 0.15) is 0 Å². The molecule has 0 radical (unpaired) electrons. The summed E-state index contributed by atoms with van der Waals surface area (Å²) in [5, 5.41) is 5.25. The molecule has 1 aromatic heterocycles. The fourth-order valence-electron chi connectivity index (χ4n) is 2.81. The standard InChI is InChI=1S/C15H24N2OS.ClH/c1-4-8-17-9-6-5-7-13(17)15(18)16-14-11(2)10-19-12(14)3;/h10,13H,4-9H2,1-3H3,(H,16,18);1H/t13-;/m1./s1. The molecule has 1 saturated heterocycles. The van der Waals surface area contributed by atoms with Crippen LogP contribution in [0.25, 0.3) is 0 Å². The number of likely N-dealkylation sites (tertiary alicyclic amines) is 1. The average Bonchev–Trinajstić information content (AvgIpc) is 2.71. The lowest BCUT2D eigenvalue weighted by Crippen LogP contribution is -2.47. The minimum atomic E-state index is 0. The summed E-state index contributed by atoms with van der Waals surface area (Å²) < 4.78 is 0. The van der Waals surface area contributed by atoms with E-state index >= 15 is 0 Å². The summed E-state index contributed by atoms with van der Waals surface area (Å²) in [5.41, 5.74) is 2.20. The van der Waals surface area contributed by atoms with Crippen LogP contribution in [-0.2, 0) is 4.79 Å². The van der Waals surface area contributed by atoms with Crippen LogP contribution in [0.3, 0.4) is 0 Å². The average molecular weight is 317 g/mol. The molecular formula is C15H25ClN2OS. The number of anilines is 1. The van der Waals surface area contributed by atoms with E-state index in [1.165, 1.54) is 23.3 Å². The third-order valence-corrected chi connectivity index (χ3v) is 4.86. The van der Waals surface area contributed by atoms with Crippen molar-refractivity contribution in [3.8, 4) is 0 Å². The predicted octanol–water partition coefficient (Wildman–Crippen LogP) is 3.99. The van der Waals surface area contributed by atoms with E-state index in [2.05, 4.69) is 36.4 Å². The van der Waals surface area contributed by atoms with Crippen molar-refractivity contribution in [2.24, 2.45) is 0 Å². The molecule has 3 nitrogen and oxygen atoms in total. The first-order chi connectivity index (χ1) is 9.13. The molecule has 1 aliphatic rings. The predicted molar refractivity (Wildman–Crippen MR) is 89.2 cm³/mol.